The van der Waals surface area contributed by atoms with E-state index in [1.54, 1.807) is 0 Å². The van der Waals surface area contributed by atoms with Crippen LogP contribution >= 0.6 is 0 Å². The van der Waals surface area contributed by atoms with Crippen molar-refractivity contribution in [1.82, 2.24) is 4.98 Å². The molecule has 1 aromatic rings. The highest BCUT2D eigenvalue weighted by molar-refractivity contribution is 6.22. The monoisotopic (exact) mass is 155 g/mol. The molecule has 0 heterocycles. The van der Waals surface area contributed by atoms with E-state index in [4.69, 9.17) is 0 Å². The van der Waals surface area contributed by atoms with Gasteiger partial charge in [0.1, 0.15) is 0 Å². The second-order valence-electron chi connectivity index (χ2n) is 2.05. The van der Waals surface area contributed by atoms with Crippen molar-refractivity contribution < 1.29 is 4.11 Å². The molecule has 0 aromatic heterocycles. The molecule has 1 N–H and O–H groups in total. The number of benzene rings is 1. The summed E-state index contributed by atoms with van der Waals surface area (Å²) in [7, 11) is -1.48. The molecule has 0 saturated carbocycles. The van der Waals surface area contributed by atoms with Crippen LogP contribution < -0.4 is 4.98 Å². The average molecular weight is 155 g/mol. The first kappa shape index (κ1) is 7.43. The maximum absolute atomic E-state index is 11.7. The lowest BCUT2D eigenvalue weighted by atomic mass is 10.2. The predicted molar refractivity (Wildman–Crippen MR) is 42.9 cm³/mol. The van der Waals surface area contributed by atoms with Gasteiger partial charge in [-0.25, -0.2) is 0 Å². The van der Waals surface area contributed by atoms with Gasteiger partial charge in [-0.15, -0.1) is 0 Å². The van der Waals surface area contributed by atoms with E-state index in [0.717, 1.165) is 5.56 Å². The third-order valence-corrected chi connectivity index (χ3v) is 1.71. The molecular weight excluding hydrogens is 145 g/mol. The van der Waals surface area contributed by atoms with Gasteiger partial charge in [0.2, 0.25) is 0 Å². The Hall–Kier alpha value is -0.673. The van der Waals surface area contributed by atoms with E-state index in [-0.39, 0.29) is 0 Å². The van der Waals surface area contributed by atoms with Crippen LogP contribution in [0.5, 0.6) is 0 Å². The SMILES string of the molecule is F[SiH2]NCc1ccccc1. The highest BCUT2D eigenvalue weighted by Gasteiger charge is 1.87. The Morgan fingerprint density at radius 1 is 1.30 bits per heavy atom. The van der Waals surface area contributed by atoms with Gasteiger partial charge in [0.05, 0.1) is 0 Å². The second-order valence-corrected chi connectivity index (χ2v) is 2.81. The van der Waals surface area contributed by atoms with Gasteiger partial charge in [-0.1, -0.05) is 30.3 Å². The Balaban J connectivity index is 2.43. The van der Waals surface area contributed by atoms with Crippen molar-refractivity contribution in [3.05, 3.63) is 35.9 Å². The van der Waals surface area contributed by atoms with Gasteiger partial charge in [0, 0.05) is 6.54 Å². The molecule has 0 radical (unpaired) electrons. The molecule has 54 valence electrons. The van der Waals surface area contributed by atoms with Crippen LogP contribution in [0.4, 0.5) is 4.11 Å². The number of halogens is 1. The number of hydrogen-bond acceptors (Lipinski definition) is 1. The van der Waals surface area contributed by atoms with Crippen LogP contribution in [0.15, 0.2) is 30.3 Å². The molecule has 0 unspecified atom stereocenters. The van der Waals surface area contributed by atoms with Crippen LogP contribution in [0.25, 0.3) is 0 Å². The largest absolute Gasteiger partial charge is 0.313 e. The lowest BCUT2D eigenvalue weighted by molar-refractivity contribution is 0.794. The van der Waals surface area contributed by atoms with Crippen molar-refractivity contribution in [1.29, 1.82) is 0 Å². The third kappa shape index (κ3) is 2.29. The summed E-state index contributed by atoms with van der Waals surface area (Å²) < 4.78 is 11.7. The first-order valence-corrected chi connectivity index (χ1v) is 4.48. The minimum atomic E-state index is -1.48. The van der Waals surface area contributed by atoms with Gasteiger partial charge in [-0.2, -0.15) is 0 Å². The fourth-order valence-electron chi connectivity index (χ4n) is 0.787. The van der Waals surface area contributed by atoms with E-state index in [1.807, 2.05) is 30.3 Å². The summed E-state index contributed by atoms with van der Waals surface area (Å²) in [4.78, 5) is 2.74. The molecule has 1 nitrogen and oxygen atoms in total. The summed E-state index contributed by atoms with van der Waals surface area (Å²) in [6.07, 6.45) is 0. The molecule has 1 rings (SSSR count). The molecule has 0 spiro atoms. The van der Waals surface area contributed by atoms with Crippen molar-refractivity contribution in [3.63, 3.8) is 0 Å². The van der Waals surface area contributed by atoms with E-state index >= 15 is 0 Å². The van der Waals surface area contributed by atoms with Crippen molar-refractivity contribution in [2.24, 2.45) is 0 Å². The predicted octanol–water partition coefficient (Wildman–Crippen LogP) is 0.744. The topological polar surface area (TPSA) is 12.0 Å². The van der Waals surface area contributed by atoms with Crippen molar-refractivity contribution in [2.75, 3.05) is 0 Å². The summed E-state index contributed by atoms with van der Waals surface area (Å²) in [6.45, 7) is 0.670. The molecule has 0 aliphatic heterocycles. The summed E-state index contributed by atoms with van der Waals surface area (Å²) in [5.74, 6) is 0. The van der Waals surface area contributed by atoms with Crippen LogP contribution in [-0.4, -0.2) is 10.0 Å². The minimum absolute atomic E-state index is 0.670. The zero-order chi connectivity index (χ0) is 7.23. The highest BCUT2D eigenvalue weighted by Crippen LogP contribution is 1.95. The quantitative estimate of drug-likeness (QED) is 0.501. The molecule has 0 bridgehead atoms. The maximum Gasteiger partial charge on any atom is 0.289 e. The molecule has 0 atom stereocenters. The smallest absolute Gasteiger partial charge is 0.289 e. The molecule has 10 heavy (non-hydrogen) atoms. The van der Waals surface area contributed by atoms with Crippen LogP contribution in [0.2, 0.25) is 0 Å². The van der Waals surface area contributed by atoms with E-state index in [0.29, 0.717) is 6.54 Å². The molecule has 0 aliphatic rings. The van der Waals surface area contributed by atoms with Gasteiger partial charge in [-0.05, 0) is 5.56 Å². The Kier molecular flexibility index (Phi) is 3.12. The van der Waals surface area contributed by atoms with Gasteiger partial charge in [-0.3, -0.25) is 0 Å². The third-order valence-electron chi connectivity index (χ3n) is 1.27. The average Bonchev–Trinajstić information content (AvgIpc) is 2.03. The van der Waals surface area contributed by atoms with E-state index in [9.17, 15) is 4.11 Å². The van der Waals surface area contributed by atoms with Gasteiger partial charge >= 0.3 is 0 Å². The first-order valence-electron chi connectivity index (χ1n) is 3.24. The molecular formula is C7H10FNSi. The van der Waals surface area contributed by atoms with Crippen LogP contribution in [0.1, 0.15) is 5.56 Å². The van der Waals surface area contributed by atoms with E-state index in [2.05, 4.69) is 4.98 Å². The standard InChI is InChI=1S/C7H10FNSi/c8-10-9-6-7-4-2-1-3-5-7/h1-5,9H,6,10H2. The lowest BCUT2D eigenvalue weighted by Crippen LogP contribution is -2.13. The van der Waals surface area contributed by atoms with Crippen molar-refractivity contribution >= 4 is 10.0 Å². The number of rotatable bonds is 3. The molecule has 1 aromatic carbocycles. The molecule has 0 saturated heterocycles. The maximum atomic E-state index is 11.7. The first-order chi connectivity index (χ1) is 4.93. The van der Waals surface area contributed by atoms with Gasteiger partial charge in [0.25, 0.3) is 10.0 Å². The number of nitrogens with one attached hydrogen (secondary N) is 1. The Labute approximate surface area is 62.3 Å². The molecule has 0 amide bonds. The zero-order valence-electron chi connectivity index (χ0n) is 5.68. The zero-order valence-corrected chi connectivity index (χ0v) is 7.09. The van der Waals surface area contributed by atoms with Crippen LogP contribution in [-0.2, 0) is 6.54 Å². The fourth-order valence-corrected chi connectivity index (χ4v) is 1.17. The second kappa shape index (κ2) is 4.19. The van der Waals surface area contributed by atoms with Crippen LogP contribution in [0.3, 0.4) is 0 Å². The van der Waals surface area contributed by atoms with Gasteiger partial charge in [0.15, 0.2) is 0 Å². The van der Waals surface area contributed by atoms with E-state index in [1.165, 1.54) is 0 Å². The lowest BCUT2D eigenvalue weighted by Gasteiger charge is -1.97. The summed E-state index contributed by atoms with van der Waals surface area (Å²) in [5.41, 5.74) is 1.15. The highest BCUT2D eigenvalue weighted by atomic mass is 28.3. The summed E-state index contributed by atoms with van der Waals surface area (Å²) in [6, 6.07) is 9.83. The van der Waals surface area contributed by atoms with Gasteiger partial charge < -0.3 is 9.09 Å². The molecule has 3 heteroatoms. The molecule has 0 aliphatic carbocycles. The Morgan fingerprint density at radius 2 is 2.00 bits per heavy atom. The number of hydrogen-bond donors (Lipinski definition) is 1. The Morgan fingerprint density at radius 3 is 2.60 bits per heavy atom. The minimum Gasteiger partial charge on any atom is -0.313 e. The molecule has 0 fully saturated rings. The van der Waals surface area contributed by atoms with Crippen molar-refractivity contribution in [3.8, 4) is 0 Å². The van der Waals surface area contributed by atoms with Crippen LogP contribution in [0, 0.1) is 0 Å². The Bertz CT molecular complexity index is 178. The van der Waals surface area contributed by atoms with E-state index < -0.39 is 10.0 Å². The normalized spacial score (nSPS) is 10.9. The fraction of sp³-hybridized carbons (Fsp3) is 0.143. The summed E-state index contributed by atoms with van der Waals surface area (Å²) in [5, 5.41) is 0. The van der Waals surface area contributed by atoms with Crippen molar-refractivity contribution in [2.45, 2.75) is 6.54 Å². The summed E-state index contributed by atoms with van der Waals surface area (Å²) >= 11 is 0.